The van der Waals surface area contributed by atoms with Crippen molar-refractivity contribution >= 4 is 17.6 Å². The van der Waals surface area contributed by atoms with Gasteiger partial charge in [-0.2, -0.15) is 0 Å². The third kappa shape index (κ3) is 2.88. The fourth-order valence-corrected chi connectivity index (χ4v) is 0.625. The molecule has 0 bridgehead atoms. The summed E-state index contributed by atoms with van der Waals surface area (Å²) in [6.45, 7) is 3.12. The van der Waals surface area contributed by atoms with Crippen molar-refractivity contribution in [3.63, 3.8) is 0 Å². The van der Waals surface area contributed by atoms with E-state index in [2.05, 4.69) is 4.84 Å². The van der Waals surface area contributed by atoms with Crippen LogP contribution in [0.15, 0.2) is 10.6 Å². The van der Waals surface area contributed by atoms with E-state index in [0.29, 0.717) is 10.6 Å². The van der Waals surface area contributed by atoms with Crippen molar-refractivity contribution in [3.8, 4) is 0 Å². The molecule has 0 aliphatic heterocycles. The lowest BCUT2D eigenvalue weighted by Crippen LogP contribution is -2.28. The van der Waals surface area contributed by atoms with Crippen molar-refractivity contribution in [3.05, 3.63) is 10.6 Å². The maximum atomic E-state index is 10.4. The average molecular weight is 180 g/mol. The number of hydrogen-bond acceptors (Lipinski definition) is 3. The molecule has 0 aliphatic carbocycles. The first-order valence-electron chi connectivity index (χ1n) is 2.92. The SMILES string of the molecule is C/C(Cl)=C(\C)C(ON)C(=O)O. The quantitative estimate of drug-likeness (QED) is 0.631. The molecule has 11 heavy (non-hydrogen) atoms. The fourth-order valence-electron chi connectivity index (χ4n) is 0.526. The number of halogens is 1. The number of carboxylic acid groups (broad SMARTS) is 1. The summed E-state index contributed by atoms with van der Waals surface area (Å²) in [5.74, 6) is 3.59. The Hall–Kier alpha value is -0.580. The highest BCUT2D eigenvalue weighted by Gasteiger charge is 2.20. The molecule has 0 saturated carbocycles. The third-order valence-corrected chi connectivity index (χ3v) is 1.60. The van der Waals surface area contributed by atoms with Gasteiger partial charge < -0.3 is 5.11 Å². The van der Waals surface area contributed by atoms with E-state index >= 15 is 0 Å². The van der Waals surface area contributed by atoms with Crippen LogP contribution in [0.2, 0.25) is 0 Å². The molecule has 0 aromatic rings. The van der Waals surface area contributed by atoms with Gasteiger partial charge in [-0.05, 0) is 19.4 Å². The van der Waals surface area contributed by atoms with E-state index in [1.165, 1.54) is 0 Å². The van der Waals surface area contributed by atoms with Crippen molar-refractivity contribution in [1.29, 1.82) is 0 Å². The zero-order valence-corrected chi connectivity index (χ0v) is 7.05. The second-order valence-electron chi connectivity index (χ2n) is 2.07. The van der Waals surface area contributed by atoms with Gasteiger partial charge in [-0.1, -0.05) is 11.6 Å². The van der Waals surface area contributed by atoms with Crippen LogP contribution >= 0.6 is 11.6 Å². The zero-order valence-electron chi connectivity index (χ0n) is 6.30. The normalized spacial score (nSPS) is 15.6. The number of hydrogen-bond donors (Lipinski definition) is 2. The lowest BCUT2D eigenvalue weighted by molar-refractivity contribution is -0.148. The van der Waals surface area contributed by atoms with E-state index in [9.17, 15) is 4.79 Å². The molecular weight excluding hydrogens is 170 g/mol. The molecule has 0 aromatic carbocycles. The van der Waals surface area contributed by atoms with Gasteiger partial charge in [0.15, 0.2) is 6.10 Å². The molecule has 0 fully saturated rings. The Labute approximate surface area is 69.5 Å². The van der Waals surface area contributed by atoms with Gasteiger partial charge >= 0.3 is 5.97 Å². The highest BCUT2D eigenvalue weighted by atomic mass is 35.5. The standard InChI is InChI=1S/C6H10ClNO3/c1-3(4(2)7)5(11-8)6(9)10/h5H,8H2,1-2H3,(H,9,10)/b4-3-. The molecule has 0 radical (unpaired) electrons. The van der Waals surface area contributed by atoms with E-state index in [1.54, 1.807) is 13.8 Å². The van der Waals surface area contributed by atoms with Gasteiger partial charge in [0.05, 0.1) is 0 Å². The van der Waals surface area contributed by atoms with Crippen LogP contribution < -0.4 is 5.90 Å². The molecule has 0 spiro atoms. The molecule has 5 heteroatoms. The van der Waals surface area contributed by atoms with Crippen LogP contribution in [0.1, 0.15) is 13.8 Å². The van der Waals surface area contributed by atoms with Crippen molar-refractivity contribution < 1.29 is 14.7 Å². The Morgan fingerprint density at radius 2 is 2.09 bits per heavy atom. The number of rotatable bonds is 3. The van der Waals surface area contributed by atoms with Gasteiger partial charge in [-0.15, -0.1) is 0 Å². The smallest absolute Gasteiger partial charge is 0.339 e. The van der Waals surface area contributed by atoms with Crippen LogP contribution in [0.5, 0.6) is 0 Å². The Morgan fingerprint density at radius 3 is 2.18 bits per heavy atom. The Kier molecular flexibility index (Phi) is 4.10. The summed E-state index contributed by atoms with van der Waals surface area (Å²) in [6, 6.07) is 0. The first-order valence-corrected chi connectivity index (χ1v) is 3.29. The molecule has 1 unspecified atom stereocenters. The van der Waals surface area contributed by atoms with Crippen molar-refractivity contribution in [2.75, 3.05) is 0 Å². The van der Waals surface area contributed by atoms with Crippen LogP contribution in [0.4, 0.5) is 0 Å². The maximum Gasteiger partial charge on any atom is 0.339 e. The highest BCUT2D eigenvalue weighted by molar-refractivity contribution is 6.29. The summed E-state index contributed by atoms with van der Waals surface area (Å²) in [7, 11) is 0. The monoisotopic (exact) mass is 179 g/mol. The number of carbonyl (C=O) groups is 1. The summed E-state index contributed by atoms with van der Waals surface area (Å²) < 4.78 is 0. The van der Waals surface area contributed by atoms with Gasteiger partial charge in [0.25, 0.3) is 0 Å². The number of nitrogens with two attached hydrogens (primary N) is 1. The number of aliphatic carboxylic acids is 1. The minimum Gasteiger partial charge on any atom is -0.479 e. The summed E-state index contributed by atoms with van der Waals surface area (Å²) in [5.41, 5.74) is 0.404. The molecule has 0 heterocycles. The van der Waals surface area contributed by atoms with Crippen molar-refractivity contribution in [1.82, 2.24) is 0 Å². The van der Waals surface area contributed by atoms with Crippen LogP contribution in [0.3, 0.4) is 0 Å². The van der Waals surface area contributed by atoms with E-state index in [-0.39, 0.29) is 0 Å². The predicted octanol–water partition coefficient (Wildman–Crippen LogP) is 0.863. The molecule has 64 valence electrons. The maximum absolute atomic E-state index is 10.4. The fraction of sp³-hybridized carbons (Fsp3) is 0.500. The largest absolute Gasteiger partial charge is 0.479 e. The second kappa shape index (κ2) is 4.33. The first kappa shape index (κ1) is 10.4. The van der Waals surface area contributed by atoms with Gasteiger partial charge in [0.2, 0.25) is 0 Å². The lowest BCUT2D eigenvalue weighted by atomic mass is 10.1. The van der Waals surface area contributed by atoms with Crippen molar-refractivity contribution in [2.45, 2.75) is 20.0 Å². The molecule has 0 aliphatic rings. The third-order valence-electron chi connectivity index (χ3n) is 1.30. The minimum atomic E-state index is -1.15. The Morgan fingerprint density at radius 1 is 1.64 bits per heavy atom. The zero-order chi connectivity index (χ0) is 9.02. The molecule has 1 atom stereocenters. The number of allylic oxidation sites excluding steroid dienone is 1. The topological polar surface area (TPSA) is 72.5 Å². The molecule has 3 N–H and O–H groups in total. The van der Waals surface area contributed by atoms with Gasteiger partial charge in [-0.25, -0.2) is 10.7 Å². The molecule has 4 nitrogen and oxygen atoms in total. The minimum absolute atomic E-state index is 0.378. The van der Waals surface area contributed by atoms with Gasteiger partial charge in [0.1, 0.15) is 0 Å². The van der Waals surface area contributed by atoms with Crippen LogP contribution in [-0.4, -0.2) is 17.2 Å². The molecule has 0 saturated heterocycles. The Bertz CT molecular complexity index is 186. The molecular formula is C6H10ClNO3. The molecule has 0 aromatic heterocycles. The van der Waals surface area contributed by atoms with E-state index in [4.69, 9.17) is 22.6 Å². The highest BCUT2D eigenvalue weighted by Crippen LogP contribution is 2.13. The first-order chi connectivity index (χ1) is 5.00. The van der Waals surface area contributed by atoms with E-state index in [0.717, 1.165) is 0 Å². The predicted molar refractivity (Wildman–Crippen MR) is 40.9 cm³/mol. The molecule has 0 amide bonds. The second-order valence-corrected chi connectivity index (χ2v) is 2.64. The lowest BCUT2D eigenvalue weighted by Gasteiger charge is -2.10. The average Bonchev–Trinajstić information content (AvgIpc) is 1.88. The van der Waals surface area contributed by atoms with E-state index < -0.39 is 12.1 Å². The summed E-state index contributed by atoms with van der Waals surface area (Å²) in [5, 5.41) is 8.87. The summed E-state index contributed by atoms with van der Waals surface area (Å²) in [4.78, 5) is 14.6. The summed E-state index contributed by atoms with van der Waals surface area (Å²) >= 11 is 5.53. The summed E-state index contributed by atoms with van der Waals surface area (Å²) in [6.07, 6.45) is -1.15. The molecule has 0 rings (SSSR count). The van der Waals surface area contributed by atoms with E-state index in [1.807, 2.05) is 0 Å². The Balaban J connectivity index is 4.52. The van der Waals surface area contributed by atoms with Crippen molar-refractivity contribution in [2.24, 2.45) is 5.90 Å². The van der Waals surface area contributed by atoms with Gasteiger partial charge in [0, 0.05) is 5.03 Å². The van der Waals surface area contributed by atoms with Gasteiger partial charge in [-0.3, -0.25) is 4.84 Å². The van der Waals surface area contributed by atoms with Crippen LogP contribution in [0.25, 0.3) is 0 Å². The number of carboxylic acids is 1. The van der Waals surface area contributed by atoms with Crippen LogP contribution in [0, 0.1) is 0 Å². The van der Waals surface area contributed by atoms with Crippen LogP contribution in [-0.2, 0) is 9.63 Å².